The largest absolute Gasteiger partial charge is 0.393 e. The van der Waals surface area contributed by atoms with E-state index in [2.05, 4.69) is 5.32 Å². The first-order valence-corrected chi connectivity index (χ1v) is 7.24. The van der Waals surface area contributed by atoms with Gasteiger partial charge in [0.1, 0.15) is 11.5 Å². The number of benzene rings is 1. The van der Waals surface area contributed by atoms with Crippen LogP contribution in [0.1, 0.15) is 16.8 Å². The van der Waals surface area contributed by atoms with Crippen molar-refractivity contribution in [1.29, 1.82) is 0 Å². The summed E-state index contributed by atoms with van der Waals surface area (Å²) >= 11 is 1.82. The number of thioether (sulfide) groups is 1. The molecule has 3 N–H and O–H groups in total. The molecule has 2 rings (SSSR count). The Kier molecular flexibility index (Phi) is 4.43. The van der Waals surface area contributed by atoms with Crippen LogP contribution in [-0.2, 0) is 0 Å². The van der Waals surface area contributed by atoms with Gasteiger partial charge in [-0.2, -0.15) is 11.8 Å². The van der Waals surface area contributed by atoms with E-state index >= 15 is 0 Å². The Hall–Kier alpha value is -1.83. The zero-order valence-corrected chi connectivity index (χ0v) is 11.4. The van der Waals surface area contributed by atoms with Gasteiger partial charge in [0.05, 0.1) is 16.6 Å². The first kappa shape index (κ1) is 14.6. The highest BCUT2D eigenvalue weighted by atomic mass is 32.2. The van der Waals surface area contributed by atoms with E-state index in [1.807, 2.05) is 11.8 Å². The molecule has 1 aliphatic rings. The fourth-order valence-electron chi connectivity index (χ4n) is 2.02. The third-order valence-corrected chi connectivity index (χ3v) is 4.37. The molecule has 108 valence electrons. The molecule has 0 aliphatic carbocycles. The number of amides is 1. The minimum atomic E-state index is -0.854. The van der Waals surface area contributed by atoms with Crippen molar-refractivity contribution in [3.05, 3.63) is 33.6 Å². The second kappa shape index (κ2) is 6.08. The highest BCUT2D eigenvalue weighted by Crippen LogP contribution is 2.27. The van der Waals surface area contributed by atoms with Gasteiger partial charge in [0.15, 0.2) is 0 Å². The van der Waals surface area contributed by atoms with Gasteiger partial charge in [-0.1, -0.05) is 0 Å². The predicted octanol–water partition coefficient (Wildman–Crippen LogP) is 1.80. The predicted molar refractivity (Wildman–Crippen MR) is 75.2 cm³/mol. The van der Waals surface area contributed by atoms with Crippen LogP contribution in [0.3, 0.4) is 0 Å². The number of carbonyl (C=O) groups is 1. The van der Waals surface area contributed by atoms with Crippen molar-refractivity contribution in [3.63, 3.8) is 0 Å². The van der Waals surface area contributed by atoms with Crippen molar-refractivity contribution in [2.45, 2.75) is 6.42 Å². The molecule has 1 unspecified atom stereocenters. The minimum absolute atomic E-state index is 0.192. The lowest BCUT2D eigenvalue weighted by atomic mass is 10.1. The van der Waals surface area contributed by atoms with Crippen LogP contribution in [0.5, 0.6) is 0 Å². The van der Waals surface area contributed by atoms with Gasteiger partial charge in [0, 0.05) is 6.54 Å². The fourth-order valence-corrected chi connectivity index (χ4v) is 3.30. The van der Waals surface area contributed by atoms with Gasteiger partial charge in [0.2, 0.25) is 0 Å². The number of hydrogen-bond donors (Lipinski definition) is 2. The second-order valence-corrected chi connectivity index (χ2v) is 5.73. The molecule has 1 amide bonds. The topological polar surface area (TPSA) is 98.3 Å². The number of hydrogen-bond acceptors (Lipinski definition) is 5. The normalized spacial score (nSPS) is 17.9. The van der Waals surface area contributed by atoms with Crippen molar-refractivity contribution in [2.24, 2.45) is 5.92 Å². The molecule has 1 aromatic rings. The number of nitrogens with two attached hydrogens (primary N) is 1. The molecular formula is C12H14FN3O3S. The molecule has 0 radical (unpaired) electrons. The summed E-state index contributed by atoms with van der Waals surface area (Å²) in [6.45, 7) is 0.468. The summed E-state index contributed by atoms with van der Waals surface area (Å²) in [5.41, 5.74) is 4.47. The molecule has 6 nitrogen and oxygen atoms in total. The number of anilines is 1. The van der Waals surface area contributed by atoms with Gasteiger partial charge >= 0.3 is 0 Å². The van der Waals surface area contributed by atoms with E-state index in [0.29, 0.717) is 18.5 Å². The summed E-state index contributed by atoms with van der Waals surface area (Å²) in [5, 5.41) is 13.4. The lowest BCUT2D eigenvalue weighted by Crippen LogP contribution is -2.30. The summed E-state index contributed by atoms with van der Waals surface area (Å²) in [6.07, 6.45) is 1.02. The molecule has 20 heavy (non-hydrogen) atoms. The quantitative estimate of drug-likeness (QED) is 0.502. The molecule has 1 heterocycles. The van der Waals surface area contributed by atoms with Gasteiger partial charge in [-0.25, -0.2) is 4.39 Å². The highest BCUT2D eigenvalue weighted by Gasteiger charge is 2.23. The first-order valence-electron chi connectivity index (χ1n) is 6.08. The molecular weight excluding hydrogens is 285 g/mol. The fraction of sp³-hybridized carbons (Fsp3) is 0.417. The van der Waals surface area contributed by atoms with Crippen LogP contribution < -0.4 is 11.1 Å². The second-order valence-electron chi connectivity index (χ2n) is 4.58. The molecule has 0 spiro atoms. The number of nitrogens with one attached hydrogen (secondary N) is 1. The number of nitrogens with zero attached hydrogens (tertiary/aromatic N) is 1. The number of nitro benzene ring substituents is 1. The van der Waals surface area contributed by atoms with E-state index in [1.165, 1.54) is 0 Å². The van der Waals surface area contributed by atoms with Crippen LogP contribution in [-0.4, -0.2) is 28.9 Å². The Labute approximate surface area is 119 Å². The number of nitrogen functional groups attached to an aromatic ring is 1. The first-order chi connectivity index (χ1) is 9.49. The maximum Gasteiger partial charge on any atom is 0.295 e. The third kappa shape index (κ3) is 3.19. The zero-order chi connectivity index (χ0) is 14.7. The highest BCUT2D eigenvalue weighted by molar-refractivity contribution is 7.99. The van der Waals surface area contributed by atoms with Crippen molar-refractivity contribution < 1.29 is 14.1 Å². The van der Waals surface area contributed by atoms with Crippen LogP contribution in [0.15, 0.2) is 12.1 Å². The summed E-state index contributed by atoms with van der Waals surface area (Å²) in [7, 11) is 0. The lowest BCUT2D eigenvalue weighted by molar-refractivity contribution is -0.384. The smallest absolute Gasteiger partial charge is 0.295 e. The summed E-state index contributed by atoms with van der Waals surface area (Å²) in [6, 6.07) is 1.63. The van der Waals surface area contributed by atoms with Gasteiger partial charge < -0.3 is 11.1 Å². The molecule has 0 saturated carbocycles. The molecule has 1 aliphatic heterocycles. The summed E-state index contributed by atoms with van der Waals surface area (Å²) in [4.78, 5) is 21.9. The molecule has 0 bridgehead atoms. The van der Waals surface area contributed by atoms with Crippen LogP contribution in [0.4, 0.5) is 15.8 Å². The Morgan fingerprint density at radius 1 is 1.60 bits per heavy atom. The van der Waals surface area contributed by atoms with Gasteiger partial charge in [0.25, 0.3) is 11.6 Å². The molecule has 1 saturated heterocycles. The molecule has 8 heteroatoms. The van der Waals surface area contributed by atoms with E-state index in [9.17, 15) is 19.3 Å². The maximum atomic E-state index is 13.3. The maximum absolute atomic E-state index is 13.3. The van der Waals surface area contributed by atoms with Crippen LogP contribution in [0.2, 0.25) is 0 Å². The zero-order valence-electron chi connectivity index (χ0n) is 10.6. The van der Waals surface area contributed by atoms with E-state index in [4.69, 9.17) is 5.73 Å². The van der Waals surface area contributed by atoms with E-state index in [0.717, 1.165) is 24.0 Å². The summed E-state index contributed by atoms with van der Waals surface area (Å²) in [5.74, 6) is 0.982. The average molecular weight is 299 g/mol. The molecule has 1 fully saturated rings. The Balaban J connectivity index is 2.14. The van der Waals surface area contributed by atoms with Gasteiger partial charge in [-0.05, 0) is 29.9 Å². The summed E-state index contributed by atoms with van der Waals surface area (Å²) < 4.78 is 13.3. The Morgan fingerprint density at radius 3 is 2.95 bits per heavy atom. The monoisotopic (exact) mass is 299 g/mol. The van der Waals surface area contributed by atoms with Crippen molar-refractivity contribution in [3.8, 4) is 0 Å². The average Bonchev–Trinajstić information content (AvgIpc) is 2.91. The number of nitro groups is 1. The molecule has 1 aromatic carbocycles. The van der Waals surface area contributed by atoms with Crippen molar-refractivity contribution >= 4 is 29.0 Å². The Bertz CT molecular complexity index is 547. The standard InChI is InChI=1S/C12H14FN3O3S/c13-8-3-9(11(14)10(4-8)16(18)19)12(17)15-5-7-1-2-20-6-7/h3-4,7H,1-2,5-6,14H2,(H,15,17). The van der Waals surface area contributed by atoms with E-state index < -0.39 is 22.3 Å². The lowest BCUT2D eigenvalue weighted by Gasteiger charge is -2.11. The van der Waals surface area contributed by atoms with Crippen molar-refractivity contribution in [2.75, 3.05) is 23.8 Å². The van der Waals surface area contributed by atoms with Gasteiger partial charge in [-0.15, -0.1) is 0 Å². The van der Waals surface area contributed by atoms with Crippen LogP contribution >= 0.6 is 11.8 Å². The third-order valence-electron chi connectivity index (χ3n) is 3.14. The Morgan fingerprint density at radius 2 is 2.35 bits per heavy atom. The SMILES string of the molecule is Nc1c(C(=O)NCC2CCSC2)cc(F)cc1[N+](=O)[O-]. The van der Waals surface area contributed by atoms with E-state index in [-0.39, 0.29) is 11.3 Å². The number of carbonyl (C=O) groups excluding carboxylic acids is 1. The minimum Gasteiger partial charge on any atom is -0.393 e. The number of rotatable bonds is 4. The van der Waals surface area contributed by atoms with Crippen LogP contribution in [0, 0.1) is 21.8 Å². The van der Waals surface area contributed by atoms with Crippen LogP contribution in [0.25, 0.3) is 0 Å². The molecule has 0 aromatic heterocycles. The van der Waals surface area contributed by atoms with Gasteiger partial charge in [-0.3, -0.25) is 14.9 Å². The van der Waals surface area contributed by atoms with E-state index in [1.54, 1.807) is 0 Å². The molecule has 1 atom stereocenters. The number of halogens is 1. The van der Waals surface area contributed by atoms with Crippen molar-refractivity contribution in [1.82, 2.24) is 5.32 Å².